The smallest absolute Gasteiger partial charge is 0.223 e. The fourth-order valence-electron chi connectivity index (χ4n) is 3.88. The summed E-state index contributed by atoms with van der Waals surface area (Å²) in [6.07, 6.45) is -3.46. The van der Waals surface area contributed by atoms with Crippen LogP contribution in [0.25, 0.3) is 0 Å². The molecule has 0 aliphatic heterocycles. The van der Waals surface area contributed by atoms with Gasteiger partial charge in [-0.25, -0.2) is 17.2 Å². The third-order valence-corrected chi connectivity index (χ3v) is 9.35. The first kappa shape index (κ1) is 22.5. The van der Waals surface area contributed by atoms with Gasteiger partial charge in [-0.15, -0.1) is 0 Å². The monoisotopic (exact) mass is 544 g/mol. The molecule has 0 spiro atoms. The Bertz CT molecular complexity index is 979. The topological polar surface area (TPSA) is 34.1 Å². The number of hydrogen-bond donors (Lipinski definition) is 0. The van der Waals surface area contributed by atoms with Crippen LogP contribution in [0.2, 0.25) is 0 Å². The average molecular weight is 544 g/mol. The molecule has 0 N–H and O–H groups in total. The summed E-state index contributed by atoms with van der Waals surface area (Å²) in [7, 11) is -4.29. The van der Waals surface area contributed by atoms with Crippen LogP contribution in [0.3, 0.4) is 0 Å². The fraction of sp³-hybridized carbons (Fsp3) is 0.400. The number of hydrogen-bond acceptors (Lipinski definition) is 2. The van der Waals surface area contributed by atoms with Gasteiger partial charge < -0.3 is 0 Å². The molecule has 0 amide bonds. The summed E-state index contributed by atoms with van der Waals surface area (Å²) in [4.78, 5) is -0.331. The van der Waals surface area contributed by atoms with E-state index in [1.165, 1.54) is 0 Å². The molecule has 0 unspecified atom stereocenters. The summed E-state index contributed by atoms with van der Waals surface area (Å²) in [6.45, 7) is 0. The van der Waals surface area contributed by atoms with Gasteiger partial charge in [-0.1, -0.05) is 22.6 Å². The number of benzene rings is 2. The molecule has 0 aromatic heterocycles. The van der Waals surface area contributed by atoms with E-state index in [0.29, 0.717) is 25.0 Å². The normalized spacial score (nSPS) is 23.2. The van der Waals surface area contributed by atoms with Gasteiger partial charge in [0.2, 0.25) is 0 Å². The van der Waals surface area contributed by atoms with Gasteiger partial charge in [-0.3, -0.25) is 0 Å². The molecule has 9 heteroatoms. The predicted molar refractivity (Wildman–Crippen MR) is 108 cm³/mol. The Morgan fingerprint density at radius 1 is 1.00 bits per heavy atom. The van der Waals surface area contributed by atoms with Crippen molar-refractivity contribution >= 4 is 32.4 Å². The highest BCUT2D eigenvalue weighted by Gasteiger charge is 2.50. The van der Waals surface area contributed by atoms with Crippen molar-refractivity contribution in [3.8, 4) is 0 Å². The summed E-state index contributed by atoms with van der Waals surface area (Å²) in [5.74, 6) is -1.35. The molecule has 2 nitrogen and oxygen atoms in total. The van der Waals surface area contributed by atoms with Crippen LogP contribution in [-0.4, -0.2) is 12.8 Å². The Morgan fingerprint density at radius 2 is 1.59 bits per heavy atom. The first-order valence-corrected chi connectivity index (χ1v) is 12.0. The zero-order chi connectivity index (χ0) is 21.4. The fourth-order valence-corrected chi connectivity index (χ4v) is 6.92. The lowest BCUT2D eigenvalue weighted by Crippen LogP contribution is -2.41. The Hall–Kier alpha value is -1.23. The van der Waals surface area contributed by atoms with Crippen molar-refractivity contribution in [2.45, 2.75) is 41.5 Å². The first-order chi connectivity index (χ1) is 13.5. The van der Waals surface area contributed by atoms with Crippen molar-refractivity contribution in [1.82, 2.24) is 0 Å². The molecule has 29 heavy (non-hydrogen) atoms. The summed E-state index contributed by atoms with van der Waals surface area (Å²) >= 11 is 2.20. The van der Waals surface area contributed by atoms with Crippen LogP contribution in [-0.2, 0) is 20.8 Å². The van der Waals surface area contributed by atoms with Crippen LogP contribution >= 0.6 is 22.6 Å². The van der Waals surface area contributed by atoms with Gasteiger partial charge in [-0.05, 0) is 74.1 Å². The average Bonchev–Trinajstić information content (AvgIpc) is 2.69. The second kappa shape index (κ2) is 8.13. The van der Waals surface area contributed by atoms with Gasteiger partial charge in [0.15, 0.2) is 9.84 Å². The molecule has 3 rings (SSSR count). The first-order valence-electron chi connectivity index (χ1n) is 8.95. The van der Waals surface area contributed by atoms with Crippen LogP contribution in [0.5, 0.6) is 0 Å². The van der Waals surface area contributed by atoms with E-state index in [0.717, 1.165) is 34.8 Å². The lowest BCUT2D eigenvalue weighted by molar-refractivity contribution is -0.137. The summed E-state index contributed by atoms with van der Waals surface area (Å²) < 4.78 is 93.3. The van der Waals surface area contributed by atoms with E-state index in [1.807, 2.05) is 0 Å². The Kier molecular flexibility index (Phi) is 6.29. The Morgan fingerprint density at radius 3 is 2.10 bits per heavy atom. The lowest BCUT2D eigenvalue weighted by Gasteiger charge is -2.40. The zero-order valence-electron chi connectivity index (χ0n) is 15.1. The summed E-state index contributed by atoms with van der Waals surface area (Å²) in [5.41, 5.74) is -1.24. The molecule has 0 atom stereocenters. The quantitative estimate of drug-likeness (QED) is 0.258. The number of halogens is 6. The zero-order valence-corrected chi connectivity index (χ0v) is 18.1. The second-order valence-electron chi connectivity index (χ2n) is 7.24. The molecule has 2 aromatic rings. The van der Waals surface area contributed by atoms with Crippen molar-refractivity contribution in [3.05, 3.63) is 65.2 Å². The van der Waals surface area contributed by atoms with Crippen molar-refractivity contribution < 1.29 is 30.4 Å². The van der Waals surface area contributed by atoms with Crippen LogP contribution in [0.1, 0.15) is 36.8 Å². The van der Waals surface area contributed by atoms with E-state index in [1.54, 1.807) is 0 Å². The van der Waals surface area contributed by atoms with Crippen molar-refractivity contribution in [2.75, 3.05) is 4.43 Å². The lowest BCUT2D eigenvalue weighted by atomic mass is 9.78. The Balaban J connectivity index is 2.14. The van der Waals surface area contributed by atoms with Gasteiger partial charge >= 0.3 is 6.18 Å². The van der Waals surface area contributed by atoms with E-state index in [4.69, 9.17) is 0 Å². The molecule has 1 fully saturated rings. The Labute approximate surface area is 179 Å². The molecule has 0 saturated heterocycles. The molecule has 1 saturated carbocycles. The van der Waals surface area contributed by atoms with Gasteiger partial charge in [0.05, 0.1) is 10.5 Å². The predicted octanol–water partition coefficient (Wildman–Crippen LogP) is 6.28. The van der Waals surface area contributed by atoms with Gasteiger partial charge in [-0.2, -0.15) is 13.2 Å². The van der Waals surface area contributed by atoms with E-state index in [-0.39, 0.29) is 29.2 Å². The highest BCUT2D eigenvalue weighted by atomic mass is 127. The van der Waals surface area contributed by atoms with Crippen molar-refractivity contribution in [2.24, 2.45) is 5.92 Å². The summed E-state index contributed by atoms with van der Waals surface area (Å²) in [5, 5.41) is 0. The molecule has 0 bridgehead atoms. The minimum absolute atomic E-state index is 0.0738. The highest BCUT2D eigenvalue weighted by molar-refractivity contribution is 14.1. The molecule has 0 heterocycles. The molecule has 158 valence electrons. The molecule has 0 radical (unpaired) electrons. The largest absolute Gasteiger partial charge is 0.416 e. The minimum atomic E-state index is -4.60. The maximum Gasteiger partial charge on any atom is 0.416 e. The molecular formula is C20H18F5IO2S. The van der Waals surface area contributed by atoms with E-state index >= 15 is 0 Å². The van der Waals surface area contributed by atoms with Crippen LogP contribution in [0, 0.1) is 17.6 Å². The maximum absolute atomic E-state index is 14.7. The van der Waals surface area contributed by atoms with Crippen LogP contribution in [0.15, 0.2) is 47.4 Å². The van der Waals surface area contributed by atoms with E-state index in [9.17, 15) is 30.4 Å². The van der Waals surface area contributed by atoms with Crippen molar-refractivity contribution in [3.63, 3.8) is 0 Å². The van der Waals surface area contributed by atoms with Crippen molar-refractivity contribution in [1.29, 1.82) is 0 Å². The SMILES string of the molecule is O=S(=O)(c1ccc(C(F)(F)F)cc1)C1(c2cc(F)ccc2F)CCC(CI)CC1. The molecule has 2 aromatic carbocycles. The third-order valence-electron chi connectivity index (χ3n) is 5.56. The van der Waals surface area contributed by atoms with Crippen LogP contribution < -0.4 is 0 Å². The van der Waals surface area contributed by atoms with Gasteiger partial charge in [0.25, 0.3) is 0 Å². The highest BCUT2D eigenvalue weighted by Crippen LogP contribution is 2.49. The second-order valence-corrected chi connectivity index (χ2v) is 10.4. The van der Waals surface area contributed by atoms with E-state index in [2.05, 4.69) is 22.6 Å². The minimum Gasteiger partial charge on any atom is -0.223 e. The number of alkyl halides is 4. The van der Waals surface area contributed by atoms with E-state index < -0.39 is 38.0 Å². The molecule has 1 aliphatic rings. The third kappa shape index (κ3) is 4.17. The van der Waals surface area contributed by atoms with Gasteiger partial charge in [0, 0.05) is 9.99 Å². The van der Waals surface area contributed by atoms with Crippen LogP contribution in [0.4, 0.5) is 22.0 Å². The standard InChI is InChI=1S/C20H18F5IO2S/c21-15-3-6-18(22)17(11-15)19(9-7-13(12-26)8-10-19)29(27,28)16-4-1-14(2-5-16)20(23,24)25/h1-6,11,13H,7-10,12H2. The molecular weight excluding hydrogens is 526 g/mol. The summed E-state index contributed by atoms with van der Waals surface area (Å²) in [6, 6.07) is 5.86. The maximum atomic E-state index is 14.7. The number of rotatable bonds is 4. The number of sulfone groups is 1. The van der Waals surface area contributed by atoms with Gasteiger partial charge in [0.1, 0.15) is 16.4 Å². The molecule has 1 aliphatic carbocycles.